The molecule has 2 amide bonds. The normalized spacial score (nSPS) is 10.5. The van der Waals surface area contributed by atoms with Crippen LogP contribution in [-0.4, -0.2) is 38.1 Å². The summed E-state index contributed by atoms with van der Waals surface area (Å²) in [5, 5.41) is 5.49. The van der Waals surface area contributed by atoms with Crippen LogP contribution in [0.15, 0.2) is 84.9 Å². The van der Waals surface area contributed by atoms with Crippen molar-refractivity contribution in [3.05, 3.63) is 107 Å². The van der Waals surface area contributed by atoms with E-state index in [2.05, 4.69) is 10.6 Å². The number of rotatable bonds is 16. The average molecular weight is 663 g/mol. The Morgan fingerprint density at radius 3 is 1.23 bits per heavy atom. The molecule has 0 aliphatic heterocycles. The van der Waals surface area contributed by atoms with Crippen molar-refractivity contribution >= 4 is 35.2 Å². The molecule has 2 N–H and O–H groups in total. The fourth-order valence-electron chi connectivity index (χ4n) is 4.58. The number of ether oxygens (including phenoxy) is 6. The standard InChI is InChI=1S/C36H39ClN2O8/c1-4-42-31-16-27(17-32(20-31)43-5-2)22-45-35(40)38-29-11-7-25(8-12-29)15-26-9-13-30(14-10-26)39-36(41)46-23-28-18-33(44-6-3)21-34(19-28)47-24-37/h7-14,16-21H,4-6,15,22-24H2,1-3H3,(H,38,40)(H,39,41). The fraction of sp³-hybridized carbons (Fsp3) is 0.278. The molecule has 47 heavy (non-hydrogen) atoms. The number of halogens is 1. The molecule has 0 aliphatic rings. The maximum Gasteiger partial charge on any atom is 0.411 e. The van der Waals surface area contributed by atoms with E-state index in [1.165, 1.54) is 0 Å². The minimum absolute atomic E-state index is 0.00525. The molecule has 0 aromatic heterocycles. The van der Waals surface area contributed by atoms with Crippen LogP contribution in [-0.2, 0) is 29.1 Å². The number of anilines is 2. The Bertz CT molecular complexity index is 1430. The third-order valence-electron chi connectivity index (χ3n) is 6.58. The third kappa shape index (κ3) is 11.7. The van der Waals surface area contributed by atoms with Crippen molar-refractivity contribution in [2.45, 2.75) is 40.4 Å². The Labute approximate surface area is 279 Å². The van der Waals surface area contributed by atoms with Gasteiger partial charge in [-0.2, -0.15) is 0 Å². The molecule has 11 heteroatoms. The lowest BCUT2D eigenvalue weighted by atomic mass is 10.0. The highest BCUT2D eigenvalue weighted by Crippen LogP contribution is 2.25. The van der Waals surface area contributed by atoms with Gasteiger partial charge in [0.15, 0.2) is 6.07 Å². The van der Waals surface area contributed by atoms with Gasteiger partial charge in [0.25, 0.3) is 0 Å². The summed E-state index contributed by atoms with van der Waals surface area (Å²) in [6.45, 7) is 7.32. The lowest BCUT2D eigenvalue weighted by Gasteiger charge is -2.12. The van der Waals surface area contributed by atoms with Gasteiger partial charge < -0.3 is 28.4 Å². The van der Waals surface area contributed by atoms with Crippen LogP contribution < -0.4 is 29.6 Å². The number of hydrogen-bond acceptors (Lipinski definition) is 8. The smallest absolute Gasteiger partial charge is 0.411 e. The number of alkyl halides is 1. The monoisotopic (exact) mass is 662 g/mol. The van der Waals surface area contributed by atoms with Crippen molar-refractivity contribution in [2.24, 2.45) is 0 Å². The Hall–Kier alpha value is -5.09. The van der Waals surface area contributed by atoms with Crippen LogP contribution in [0, 0.1) is 0 Å². The van der Waals surface area contributed by atoms with Gasteiger partial charge in [-0.25, -0.2) is 9.59 Å². The Morgan fingerprint density at radius 1 is 0.532 bits per heavy atom. The minimum atomic E-state index is -0.588. The highest BCUT2D eigenvalue weighted by atomic mass is 35.5. The van der Waals surface area contributed by atoms with Crippen molar-refractivity contribution in [3.8, 4) is 23.0 Å². The topological polar surface area (TPSA) is 114 Å². The fourth-order valence-corrected chi connectivity index (χ4v) is 4.70. The first-order valence-electron chi connectivity index (χ1n) is 15.3. The van der Waals surface area contributed by atoms with E-state index in [0.717, 1.165) is 16.7 Å². The summed E-state index contributed by atoms with van der Waals surface area (Å²) in [7, 11) is 0. The van der Waals surface area contributed by atoms with Crippen molar-refractivity contribution < 1.29 is 38.0 Å². The summed E-state index contributed by atoms with van der Waals surface area (Å²) in [5.74, 6) is 2.45. The van der Waals surface area contributed by atoms with Gasteiger partial charge in [-0.3, -0.25) is 10.6 Å². The van der Waals surface area contributed by atoms with Gasteiger partial charge in [0.05, 0.1) is 19.8 Å². The van der Waals surface area contributed by atoms with Crippen molar-refractivity contribution in [1.29, 1.82) is 0 Å². The lowest BCUT2D eigenvalue weighted by molar-refractivity contribution is 0.154. The molecule has 0 bridgehead atoms. The molecule has 0 saturated heterocycles. The van der Waals surface area contributed by atoms with Crippen LogP contribution in [0.1, 0.15) is 43.0 Å². The zero-order valence-corrected chi connectivity index (χ0v) is 27.4. The molecule has 10 nitrogen and oxygen atoms in total. The van der Waals surface area contributed by atoms with Gasteiger partial charge in [0.2, 0.25) is 0 Å². The Kier molecular flexibility index (Phi) is 13.4. The molecule has 248 valence electrons. The summed E-state index contributed by atoms with van der Waals surface area (Å²) in [6, 6.07) is 25.7. The van der Waals surface area contributed by atoms with Gasteiger partial charge >= 0.3 is 12.2 Å². The molecule has 4 aromatic carbocycles. The van der Waals surface area contributed by atoms with Gasteiger partial charge in [-0.05, 0) is 98.0 Å². The second kappa shape index (κ2) is 18.2. The summed E-state index contributed by atoms with van der Waals surface area (Å²) >= 11 is 5.68. The molecule has 4 rings (SSSR count). The van der Waals surface area contributed by atoms with Gasteiger partial charge in [0, 0.05) is 23.5 Å². The van der Waals surface area contributed by atoms with Crippen LogP contribution in [0.3, 0.4) is 0 Å². The molecule has 0 unspecified atom stereocenters. The second-order valence-corrected chi connectivity index (χ2v) is 10.4. The molecule has 0 heterocycles. The molecule has 0 saturated carbocycles. The van der Waals surface area contributed by atoms with Crippen molar-refractivity contribution in [2.75, 3.05) is 36.5 Å². The van der Waals surface area contributed by atoms with Crippen molar-refractivity contribution in [1.82, 2.24) is 0 Å². The molecule has 0 atom stereocenters. The van der Waals surface area contributed by atoms with E-state index in [4.69, 9.17) is 40.0 Å². The number of benzene rings is 4. The number of nitrogens with one attached hydrogen (secondary N) is 2. The maximum atomic E-state index is 12.4. The number of amides is 2. The largest absolute Gasteiger partial charge is 0.494 e. The molecule has 0 fully saturated rings. The first-order valence-corrected chi connectivity index (χ1v) is 15.8. The first-order chi connectivity index (χ1) is 22.9. The quantitative estimate of drug-likeness (QED) is 0.115. The molecular formula is C36H39ClN2O8. The number of carbonyl (C=O) groups is 2. The summed E-state index contributed by atoms with van der Waals surface area (Å²) in [6.07, 6.45) is -0.491. The summed E-state index contributed by atoms with van der Waals surface area (Å²) in [5.41, 5.74) is 4.78. The SMILES string of the molecule is CCOc1cc(COC(=O)Nc2ccc(Cc3ccc(NC(=O)OCc4cc(OCC)cc(OCCl)c4)cc3)cc2)cc(OCC)c1. The average Bonchev–Trinajstić information content (AvgIpc) is 3.05. The minimum Gasteiger partial charge on any atom is -0.494 e. The summed E-state index contributed by atoms with van der Waals surface area (Å²) < 4.78 is 32.9. The number of hydrogen-bond donors (Lipinski definition) is 2. The predicted molar refractivity (Wildman–Crippen MR) is 181 cm³/mol. The van der Waals surface area contributed by atoms with Crippen LogP contribution in [0.2, 0.25) is 0 Å². The van der Waals surface area contributed by atoms with Gasteiger partial charge in [-0.1, -0.05) is 35.9 Å². The van der Waals surface area contributed by atoms with Crippen LogP contribution in [0.25, 0.3) is 0 Å². The van der Waals surface area contributed by atoms with E-state index >= 15 is 0 Å². The van der Waals surface area contributed by atoms with E-state index < -0.39 is 12.2 Å². The Balaban J connectivity index is 1.23. The zero-order chi connectivity index (χ0) is 33.4. The van der Waals surface area contributed by atoms with E-state index in [0.29, 0.717) is 66.2 Å². The summed E-state index contributed by atoms with van der Waals surface area (Å²) in [4.78, 5) is 24.8. The van der Waals surface area contributed by atoms with E-state index in [-0.39, 0.29) is 19.3 Å². The third-order valence-corrected chi connectivity index (χ3v) is 6.69. The van der Waals surface area contributed by atoms with Crippen LogP contribution in [0.4, 0.5) is 21.0 Å². The second-order valence-electron chi connectivity index (χ2n) is 10.2. The zero-order valence-electron chi connectivity index (χ0n) is 26.7. The highest BCUT2D eigenvalue weighted by molar-refractivity contribution is 6.17. The molecule has 0 radical (unpaired) electrons. The van der Waals surface area contributed by atoms with E-state index in [9.17, 15) is 9.59 Å². The molecular weight excluding hydrogens is 624 g/mol. The maximum absolute atomic E-state index is 12.4. The first kappa shape index (κ1) is 34.8. The lowest BCUT2D eigenvalue weighted by Crippen LogP contribution is -2.13. The highest BCUT2D eigenvalue weighted by Gasteiger charge is 2.10. The van der Waals surface area contributed by atoms with Crippen molar-refractivity contribution in [3.63, 3.8) is 0 Å². The van der Waals surface area contributed by atoms with Crippen LogP contribution >= 0.6 is 11.6 Å². The van der Waals surface area contributed by atoms with E-state index in [1.807, 2.05) is 87.5 Å². The van der Waals surface area contributed by atoms with E-state index in [1.54, 1.807) is 18.2 Å². The predicted octanol–water partition coefficient (Wildman–Crippen LogP) is 8.55. The molecule has 0 aliphatic carbocycles. The van der Waals surface area contributed by atoms with Crippen LogP contribution in [0.5, 0.6) is 23.0 Å². The van der Waals surface area contributed by atoms with Gasteiger partial charge in [0.1, 0.15) is 36.2 Å². The Morgan fingerprint density at radius 2 is 0.894 bits per heavy atom. The molecule has 4 aromatic rings. The van der Waals surface area contributed by atoms with Gasteiger partial charge in [-0.15, -0.1) is 0 Å². The number of carbonyl (C=O) groups excluding carboxylic acids is 2. The molecule has 0 spiro atoms.